The Bertz CT molecular complexity index is 379. The largest absolute Gasteiger partial charge is 0.418 e. The maximum absolute atomic E-state index is 12.2. The number of rotatable bonds is 5. The maximum Gasteiger partial charge on any atom is 0.415 e. The molecule has 1 fully saturated rings. The molecule has 120 valence electrons. The number of amides is 1. The highest BCUT2D eigenvalue weighted by atomic mass is 16.5. The van der Waals surface area contributed by atoms with E-state index in [4.69, 9.17) is 4.74 Å². The third kappa shape index (κ3) is 4.88. The van der Waals surface area contributed by atoms with Crippen molar-refractivity contribution in [1.82, 2.24) is 4.90 Å². The molecular weight excluding hydrogens is 266 g/mol. The van der Waals surface area contributed by atoms with Crippen LogP contribution in [0, 0.1) is 5.92 Å². The molecule has 0 spiro atoms. The highest BCUT2D eigenvalue weighted by molar-refractivity contribution is 5.69. The first kappa shape index (κ1) is 17.8. The van der Waals surface area contributed by atoms with Gasteiger partial charge in [-0.15, -0.1) is 6.58 Å². The van der Waals surface area contributed by atoms with E-state index < -0.39 is 6.10 Å². The average molecular weight is 295 g/mol. The number of nitrogens with zero attached hydrogens (tertiary/aromatic N) is 1. The molecule has 0 bridgehead atoms. The molecule has 0 saturated heterocycles. The normalized spacial score (nSPS) is 22.4. The lowest BCUT2D eigenvalue weighted by molar-refractivity contribution is 0.105. The van der Waals surface area contributed by atoms with Crippen LogP contribution in [0.25, 0.3) is 0 Å². The summed E-state index contributed by atoms with van der Waals surface area (Å²) in [4.78, 5) is 13.9. The Kier molecular flexibility index (Phi) is 6.96. The van der Waals surface area contributed by atoms with Gasteiger partial charge >= 0.3 is 6.09 Å². The van der Waals surface area contributed by atoms with Gasteiger partial charge in [0.1, 0.15) is 0 Å². The SMILES string of the molecule is C=C[C@@H](O)[C@H]1CCCC/C1=C\OC(=O)N(C(C)C)C(C)C. The number of hydrogen-bond donors (Lipinski definition) is 1. The van der Waals surface area contributed by atoms with E-state index in [1.54, 1.807) is 17.2 Å². The minimum Gasteiger partial charge on any atom is -0.418 e. The molecular formula is C17H29NO3. The van der Waals surface area contributed by atoms with Gasteiger partial charge in [0.05, 0.1) is 12.4 Å². The van der Waals surface area contributed by atoms with Crippen molar-refractivity contribution in [2.45, 2.75) is 71.6 Å². The van der Waals surface area contributed by atoms with E-state index in [9.17, 15) is 9.90 Å². The zero-order valence-corrected chi connectivity index (χ0v) is 13.7. The molecule has 1 amide bonds. The number of ether oxygens (including phenoxy) is 1. The molecule has 1 N–H and O–H groups in total. The summed E-state index contributed by atoms with van der Waals surface area (Å²) in [5, 5.41) is 9.99. The Hall–Kier alpha value is -1.29. The van der Waals surface area contributed by atoms with Gasteiger partial charge in [0.25, 0.3) is 0 Å². The van der Waals surface area contributed by atoms with E-state index >= 15 is 0 Å². The highest BCUT2D eigenvalue weighted by Gasteiger charge is 2.26. The second-order valence-corrected chi connectivity index (χ2v) is 6.25. The van der Waals surface area contributed by atoms with Crippen LogP contribution in [0.4, 0.5) is 4.79 Å². The summed E-state index contributed by atoms with van der Waals surface area (Å²) in [6.07, 6.45) is 6.15. The maximum atomic E-state index is 12.2. The standard InChI is InChI=1S/C17H29NO3/c1-6-16(19)15-10-8-7-9-14(15)11-21-17(20)18(12(2)3)13(4)5/h6,11-13,15-16,19H,1,7-10H2,2-5H3/b14-11+/t15-,16+/m0/s1. The van der Waals surface area contributed by atoms with Crippen LogP contribution in [0.1, 0.15) is 53.4 Å². The molecule has 0 radical (unpaired) electrons. The number of aliphatic hydroxyl groups is 1. The van der Waals surface area contributed by atoms with Gasteiger partial charge in [0.2, 0.25) is 0 Å². The van der Waals surface area contributed by atoms with Gasteiger partial charge in [0, 0.05) is 18.0 Å². The van der Waals surface area contributed by atoms with Crippen molar-refractivity contribution in [3.63, 3.8) is 0 Å². The lowest BCUT2D eigenvalue weighted by Crippen LogP contribution is -2.41. The number of hydrogen-bond acceptors (Lipinski definition) is 3. The minimum absolute atomic E-state index is 0.0237. The molecule has 21 heavy (non-hydrogen) atoms. The molecule has 1 aliphatic carbocycles. The molecule has 1 saturated carbocycles. The summed E-state index contributed by atoms with van der Waals surface area (Å²) >= 11 is 0. The first-order valence-corrected chi connectivity index (χ1v) is 7.87. The lowest BCUT2D eigenvalue weighted by Gasteiger charge is -2.30. The van der Waals surface area contributed by atoms with E-state index in [2.05, 4.69) is 6.58 Å². The van der Waals surface area contributed by atoms with Crippen molar-refractivity contribution in [3.05, 3.63) is 24.5 Å². The van der Waals surface area contributed by atoms with Crippen molar-refractivity contribution in [1.29, 1.82) is 0 Å². The topological polar surface area (TPSA) is 49.8 Å². The predicted molar refractivity (Wildman–Crippen MR) is 84.8 cm³/mol. The fraction of sp³-hybridized carbons (Fsp3) is 0.706. The summed E-state index contributed by atoms with van der Waals surface area (Å²) in [5.74, 6) is 0.0237. The number of carbonyl (C=O) groups excluding carboxylic acids is 1. The van der Waals surface area contributed by atoms with E-state index in [0.29, 0.717) is 0 Å². The van der Waals surface area contributed by atoms with E-state index in [1.165, 1.54) is 0 Å². The molecule has 0 aromatic carbocycles. The van der Waals surface area contributed by atoms with E-state index in [0.717, 1.165) is 31.3 Å². The fourth-order valence-corrected chi connectivity index (χ4v) is 2.97. The van der Waals surface area contributed by atoms with Gasteiger partial charge in [-0.2, -0.15) is 0 Å². The van der Waals surface area contributed by atoms with Crippen molar-refractivity contribution in [2.75, 3.05) is 0 Å². The monoisotopic (exact) mass is 295 g/mol. The van der Waals surface area contributed by atoms with E-state index in [1.807, 2.05) is 27.7 Å². The predicted octanol–water partition coefficient (Wildman–Crippen LogP) is 3.86. The van der Waals surface area contributed by atoms with Crippen LogP contribution in [0.2, 0.25) is 0 Å². The first-order valence-electron chi connectivity index (χ1n) is 7.87. The second kappa shape index (κ2) is 8.23. The van der Waals surface area contributed by atoms with Gasteiger partial charge in [0.15, 0.2) is 0 Å². The zero-order chi connectivity index (χ0) is 16.0. The van der Waals surface area contributed by atoms with Crippen molar-refractivity contribution in [3.8, 4) is 0 Å². The van der Waals surface area contributed by atoms with Gasteiger partial charge in [-0.3, -0.25) is 0 Å². The zero-order valence-electron chi connectivity index (χ0n) is 13.7. The summed E-state index contributed by atoms with van der Waals surface area (Å²) in [6.45, 7) is 11.5. The van der Waals surface area contributed by atoms with Crippen LogP contribution in [0.15, 0.2) is 24.5 Å². The van der Waals surface area contributed by atoms with Crippen LogP contribution in [-0.2, 0) is 4.74 Å². The molecule has 4 heteroatoms. The van der Waals surface area contributed by atoms with Gasteiger partial charge in [-0.05, 0) is 52.5 Å². The van der Waals surface area contributed by atoms with Crippen LogP contribution < -0.4 is 0 Å². The molecule has 0 aromatic heterocycles. The molecule has 2 atom stereocenters. The van der Waals surface area contributed by atoms with Crippen molar-refractivity contribution >= 4 is 6.09 Å². The third-order valence-corrected chi connectivity index (χ3v) is 4.00. The summed E-state index contributed by atoms with van der Waals surface area (Å²) in [5.41, 5.74) is 1.01. The Balaban J connectivity index is 2.76. The summed E-state index contributed by atoms with van der Waals surface area (Å²) in [7, 11) is 0. The average Bonchev–Trinajstić information content (AvgIpc) is 2.43. The second-order valence-electron chi connectivity index (χ2n) is 6.25. The number of aliphatic hydroxyl groups excluding tert-OH is 1. The molecule has 0 unspecified atom stereocenters. The molecule has 1 aliphatic rings. The summed E-state index contributed by atoms with van der Waals surface area (Å²) in [6, 6.07) is 0.189. The van der Waals surface area contributed by atoms with Crippen LogP contribution in [0.3, 0.4) is 0 Å². The molecule has 0 aliphatic heterocycles. The summed E-state index contributed by atoms with van der Waals surface area (Å²) < 4.78 is 5.37. The molecule has 0 heterocycles. The smallest absolute Gasteiger partial charge is 0.415 e. The molecule has 1 rings (SSSR count). The third-order valence-electron chi connectivity index (χ3n) is 4.00. The van der Waals surface area contributed by atoms with Crippen LogP contribution >= 0.6 is 0 Å². The minimum atomic E-state index is -0.568. The van der Waals surface area contributed by atoms with Crippen LogP contribution in [-0.4, -0.2) is 34.3 Å². The number of carbonyl (C=O) groups is 1. The first-order chi connectivity index (χ1) is 9.88. The Morgan fingerprint density at radius 3 is 2.48 bits per heavy atom. The molecule has 0 aromatic rings. The molecule has 4 nitrogen and oxygen atoms in total. The van der Waals surface area contributed by atoms with E-state index in [-0.39, 0.29) is 24.1 Å². The Morgan fingerprint density at radius 1 is 1.33 bits per heavy atom. The van der Waals surface area contributed by atoms with Gasteiger partial charge < -0.3 is 14.7 Å². The van der Waals surface area contributed by atoms with Gasteiger partial charge in [-0.1, -0.05) is 12.5 Å². The highest BCUT2D eigenvalue weighted by Crippen LogP contribution is 2.32. The Labute approximate surface area is 128 Å². The lowest BCUT2D eigenvalue weighted by atomic mass is 9.81. The van der Waals surface area contributed by atoms with Crippen LogP contribution in [0.5, 0.6) is 0 Å². The van der Waals surface area contributed by atoms with Crippen molar-refractivity contribution < 1.29 is 14.6 Å². The quantitative estimate of drug-likeness (QED) is 0.619. The fourth-order valence-electron chi connectivity index (χ4n) is 2.97. The van der Waals surface area contributed by atoms with Crippen molar-refractivity contribution in [2.24, 2.45) is 5.92 Å². The Morgan fingerprint density at radius 2 is 1.95 bits per heavy atom. The van der Waals surface area contributed by atoms with Gasteiger partial charge in [-0.25, -0.2) is 4.79 Å².